The largest absolute Gasteiger partial charge is 0.462 e. The van der Waals surface area contributed by atoms with Crippen LogP contribution in [0.5, 0.6) is 0 Å². The first-order chi connectivity index (χ1) is 8.33. The van der Waals surface area contributed by atoms with Gasteiger partial charge in [0.25, 0.3) is 0 Å². The summed E-state index contributed by atoms with van der Waals surface area (Å²) in [5, 5.41) is 1.04. The first kappa shape index (κ1) is 11.7. The summed E-state index contributed by atoms with van der Waals surface area (Å²) >= 11 is 0. The Labute approximate surface area is 101 Å². The third kappa shape index (κ3) is 2.67. The van der Waals surface area contributed by atoms with Gasteiger partial charge in [0.2, 0.25) is 0 Å². The van der Waals surface area contributed by atoms with Crippen LogP contribution >= 0.6 is 0 Å². The molecule has 2 aromatic rings. The quantitative estimate of drug-likeness (QED) is 0.632. The number of carbonyl (C=O) groups excluding carboxylic acids is 1. The molecule has 0 fully saturated rings. The van der Waals surface area contributed by atoms with Gasteiger partial charge in [0.1, 0.15) is 0 Å². The molecule has 3 heteroatoms. The van der Waals surface area contributed by atoms with Crippen LogP contribution in [0.1, 0.15) is 36.5 Å². The summed E-state index contributed by atoms with van der Waals surface area (Å²) in [7, 11) is 0. The van der Waals surface area contributed by atoms with Crippen molar-refractivity contribution >= 4 is 16.9 Å². The van der Waals surface area contributed by atoms with Crippen LogP contribution in [0.4, 0.5) is 0 Å². The van der Waals surface area contributed by atoms with E-state index in [0.717, 1.165) is 30.2 Å². The molecule has 3 nitrogen and oxygen atoms in total. The van der Waals surface area contributed by atoms with Crippen molar-refractivity contribution in [1.82, 2.24) is 4.98 Å². The zero-order chi connectivity index (χ0) is 12.1. The molecule has 90 valence electrons. The maximum Gasteiger partial charge on any atom is 0.340 e. The normalized spacial score (nSPS) is 10.6. The molecule has 1 aromatic heterocycles. The molecule has 1 N–H and O–H groups in total. The topological polar surface area (TPSA) is 42.1 Å². The van der Waals surface area contributed by atoms with E-state index in [-0.39, 0.29) is 5.97 Å². The van der Waals surface area contributed by atoms with E-state index in [1.54, 1.807) is 6.07 Å². The van der Waals surface area contributed by atoms with Crippen molar-refractivity contribution in [2.24, 2.45) is 0 Å². The standard InChI is InChI=1S/C14H17NO2/c1-2-3-4-10-17-14(16)12-7-5-6-11-8-9-15-13(11)12/h5-9,15H,2-4,10H2,1H3. The summed E-state index contributed by atoms with van der Waals surface area (Å²) < 4.78 is 5.25. The van der Waals surface area contributed by atoms with Crippen molar-refractivity contribution in [3.05, 3.63) is 36.0 Å². The Kier molecular flexibility index (Phi) is 3.81. The molecule has 0 bridgehead atoms. The van der Waals surface area contributed by atoms with Crippen molar-refractivity contribution < 1.29 is 9.53 Å². The maximum atomic E-state index is 11.9. The lowest BCUT2D eigenvalue weighted by Gasteiger charge is -2.05. The molecule has 0 aliphatic rings. The number of esters is 1. The number of benzene rings is 1. The van der Waals surface area contributed by atoms with E-state index < -0.39 is 0 Å². The second kappa shape index (κ2) is 5.53. The molecule has 0 atom stereocenters. The molecule has 0 aliphatic heterocycles. The summed E-state index contributed by atoms with van der Waals surface area (Å²) in [6.07, 6.45) is 4.99. The molecular formula is C14H17NO2. The number of H-pyrrole nitrogens is 1. The molecule has 0 aliphatic carbocycles. The van der Waals surface area contributed by atoms with Gasteiger partial charge in [-0.3, -0.25) is 0 Å². The lowest BCUT2D eigenvalue weighted by Crippen LogP contribution is -2.07. The first-order valence-electron chi connectivity index (χ1n) is 6.06. The minimum atomic E-state index is -0.242. The molecule has 0 amide bonds. The third-order valence-corrected chi connectivity index (χ3v) is 2.79. The van der Waals surface area contributed by atoms with Crippen LogP contribution in [0.3, 0.4) is 0 Å². The molecule has 1 aromatic carbocycles. The Bertz CT molecular complexity index is 502. The predicted molar refractivity (Wildman–Crippen MR) is 68.1 cm³/mol. The zero-order valence-electron chi connectivity index (χ0n) is 10.0. The van der Waals surface area contributed by atoms with E-state index in [0.29, 0.717) is 12.2 Å². The van der Waals surface area contributed by atoms with Gasteiger partial charge in [-0.1, -0.05) is 31.9 Å². The van der Waals surface area contributed by atoms with Crippen molar-refractivity contribution in [2.45, 2.75) is 26.2 Å². The van der Waals surface area contributed by atoms with Crippen molar-refractivity contribution in [2.75, 3.05) is 6.61 Å². The number of para-hydroxylation sites is 1. The highest BCUT2D eigenvalue weighted by molar-refractivity contribution is 6.02. The molecule has 0 saturated carbocycles. The van der Waals surface area contributed by atoms with Crippen LogP contribution in [0.2, 0.25) is 0 Å². The van der Waals surface area contributed by atoms with E-state index >= 15 is 0 Å². The van der Waals surface area contributed by atoms with Gasteiger partial charge in [0.05, 0.1) is 17.7 Å². The number of rotatable bonds is 5. The van der Waals surface area contributed by atoms with Crippen LogP contribution in [-0.2, 0) is 4.74 Å². The SMILES string of the molecule is CCCCCOC(=O)c1cccc2cc[nH]c12. The van der Waals surface area contributed by atoms with E-state index in [2.05, 4.69) is 11.9 Å². The number of carbonyl (C=O) groups is 1. The van der Waals surface area contributed by atoms with E-state index in [1.165, 1.54) is 0 Å². The number of aromatic amines is 1. The van der Waals surface area contributed by atoms with Crippen LogP contribution in [-0.4, -0.2) is 17.6 Å². The van der Waals surface area contributed by atoms with Gasteiger partial charge >= 0.3 is 5.97 Å². The van der Waals surface area contributed by atoms with Gasteiger partial charge in [0, 0.05) is 11.6 Å². The van der Waals surface area contributed by atoms with Crippen molar-refractivity contribution in [3.63, 3.8) is 0 Å². The first-order valence-corrected chi connectivity index (χ1v) is 6.06. The zero-order valence-corrected chi connectivity index (χ0v) is 10.0. The molecule has 0 unspecified atom stereocenters. The molecule has 1 heterocycles. The number of fused-ring (bicyclic) bond motifs is 1. The van der Waals surface area contributed by atoms with Crippen LogP contribution in [0, 0.1) is 0 Å². The van der Waals surface area contributed by atoms with E-state index in [4.69, 9.17) is 4.74 Å². The average Bonchev–Trinajstić information content (AvgIpc) is 2.82. The number of hydrogen-bond acceptors (Lipinski definition) is 2. The van der Waals surface area contributed by atoms with Gasteiger partial charge in [-0.05, 0) is 18.6 Å². The summed E-state index contributed by atoms with van der Waals surface area (Å²) in [4.78, 5) is 14.9. The summed E-state index contributed by atoms with van der Waals surface area (Å²) in [5.41, 5.74) is 1.47. The van der Waals surface area contributed by atoms with E-state index in [1.807, 2.05) is 24.4 Å². The summed E-state index contributed by atoms with van der Waals surface area (Å²) in [6.45, 7) is 2.63. The highest BCUT2D eigenvalue weighted by Crippen LogP contribution is 2.17. The minimum Gasteiger partial charge on any atom is -0.462 e. The number of aromatic nitrogens is 1. The van der Waals surface area contributed by atoms with Crippen LogP contribution < -0.4 is 0 Å². The molecule has 2 rings (SSSR count). The number of nitrogens with one attached hydrogen (secondary N) is 1. The summed E-state index contributed by atoms with van der Waals surface area (Å²) in [5.74, 6) is -0.242. The van der Waals surface area contributed by atoms with Gasteiger partial charge < -0.3 is 9.72 Å². The Morgan fingerprint density at radius 1 is 1.29 bits per heavy atom. The Hall–Kier alpha value is -1.77. The fraction of sp³-hybridized carbons (Fsp3) is 0.357. The lowest BCUT2D eigenvalue weighted by atomic mass is 10.1. The number of unbranched alkanes of at least 4 members (excludes halogenated alkanes) is 2. The Morgan fingerprint density at radius 2 is 2.18 bits per heavy atom. The van der Waals surface area contributed by atoms with Gasteiger partial charge in [-0.15, -0.1) is 0 Å². The smallest absolute Gasteiger partial charge is 0.340 e. The second-order valence-electron chi connectivity index (χ2n) is 4.09. The summed E-state index contributed by atoms with van der Waals surface area (Å²) in [6, 6.07) is 7.59. The van der Waals surface area contributed by atoms with Crippen LogP contribution in [0.25, 0.3) is 10.9 Å². The van der Waals surface area contributed by atoms with Gasteiger partial charge in [0.15, 0.2) is 0 Å². The molecule has 0 saturated heterocycles. The predicted octanol–water partition coefficient (Wildman–Crippen LogP) is 3.51. The van der Waals surface area contributed by atoms with E-state index in [9.17, 15) is 4.79 Å². The number of ether oxygens (including phenoxy) is 1. The fourth-order valence-electron chi connectivity index (χ4n) is 1.85. The molecule has 0 spiro atoms. The second-order valence-corrected chi connectivity index (χ2v) is 4.09. The van der Waals surface area contributed by atoms with Crippen molar-refractivity contribution in [1.29, 1.82) is 0 Å². The highest BCUT2D eigenvalue weighted by atomic mass is 16.5. The van der Waals surface area contributed by atoms with Crippen molar-refractivity contribution in [3.8, 4) is 0 Å². The monoisotopic (exact) mass is 231 g/mol. The maximum absolute atomic E-state index is 11.9. The molecule has 17 heavy (non-hydrogen) atoms. The minimum absolute atomic E-state index is 0.242. The van der Waals surface area contributed by atoms with Gasteiger partial charge in [-0.25, -0.2) is 4.79 Å². The van der Waals surface area contributed by atoms with Crippen LogP contribution in [0.15, 0.2) is 30.5 Å². The molecular weight excluding hydrogens is 214 g/mol. The fourth-order valence-corrected chi connectivity index (χ4v) is 1.85. The third-order valence-electron chi connectivity index (χ3n) is 2.79. The Morgan fingerprint density at radius 3 is 3.00 bits per heavy atom. The van der Waals surface area contributed by atoms with Gasteiger partial charge in [-0.2, -0.15) is 0 Å². The average molecular weight is 231 g/mol. The lowest BCUT2D eigenvalue weighted by molar-refractivity contribution is 0.0500. The number of hydrogen-bond donors (Lipinski definition) is 1. The Balaban J connectivity index is 2.06. The molecule has 0 radical (unpaired) electrons. The highest BCUT2D eigenvalue weighted by Gasteiger charge is 2.11.